The first kappa shape index (κ1) is 13.0. The van der Waals surface area contributed by atoms with Gasteiger partial charge in [-0.1, -0.05) is 0 Å². The van der Waals surface area contributed by atoms with Crippen LogP contribution in [-0.2, 0) is 22.5 Å². The van der Waals surface area contributed by atoms with Crippen LogP contribution in [0.15, 0.2) is 6.07 Å². The molecule has 98 valence electrons. The standard InChI is InChI=1S/C13H17NO4/c1-17-7-8-6-10(13(16)18-2)14-12-9(8)4-3-5-11(12)15/h6,11,15H,3-5,7H2,1-2H3. The number of aliphatic hydroxyl groups is 1. The summed E-state index contributed by atoms with van der Waals surface area (Å²) in [7, 11) is 2.92. The molecule has 1 aliphatic rings. The van der Waals surface area contributed by atoms with Gasteiger partial charge in [0.15, 0.2) is 0 Å². The number of hydrogen-bond donors (Lipinski definition) is 1. The number of fused-ring (bicyclic) bond motifs is 1. The monoisotopic (exact) mass is 251 g/mol. The molecule has 2 rings (SSSR count). The van der Waals surface area contributed by atoms with Gasteiger partial charge in [-0.25, -0.2) is 9.78 Å². The van der Waals surface area contributed by atoms with E-state index in [0.29, 0.717) is 18.7 Å². The van der Waals surface area contributed by atoms with Gasteiger partial charge in [-0.3, -0.25) is 0 Å². The Balaban J connectivity index is 2.50. The van der Waals surface area contributed by atoms with E-state index in [4.69, 9.17) is 4.74 Å². The number of carbonyl (C=O) groups is 1. The SMILES string of the molecule is COCc1cc(C(=O)OC)nc2c1CCCC2O. The smallest absolute Gasteiger partial charge is 0.356 e. The van der Waals surface area contributed by atoms with Gasteiger partial charge in [0.2, 0.25) is 0 Å². The molecular formula is C13H17NO4. The maximum absolute atomic E-state index is 11.6. The Labute approximate surface area is 106 Å². The number of aromatic nitrogens is 1. The van der Waals surface area contributed by atoms with E-state index in [1.807, 2.05) is 0 Å². The first-order valence-corrected chi connectivity index (χ1v) is 5.95. The van der Waals surface area contributed by atoms with Crippen molar-refractivity contribution in [2.24, 2.45) is 0 Å². The maximum Gasteiger partial charge on any atom is 0.356 e. The fourth-order valence-electron chi connectivity index (χ4n) is 2.31. The van der Waals surface area contributed by atoms with Crippen LogP contribution >= 0.6 is 0 Å². The molecular weight excluding hydrogens is 234 g/mol. The van der Waals surface area contributed by atoms with Crippen LogP contribution in [0.25, 0.3) is 0 Å². The summed E-state index contributed by atoms with van der Waals surface area (Å²) >= 11 is 0. The molecule has 0 saturated heterocycles. The van der Waals surface area contributed by atoms with Crippen LogP contribution in [0.1, 0.15) is 46.3 Å². The number of rotatable bonds is 3. The van der Waals surface area contributed by atoms with Crippen molar-refractivity contribution in [3.8, 4) is 0 Å². The van der Waals surface area contributed by atoms with Crippen molar-refractivity contribution in [3.63, 3.8) is 0 Å². The highest BCUT2D eigenvalue weighted by Crippen LogP contribution is 2.31. The highest BCUT2D eigenvalue weighted by Gasteiger charge is 2.24. The van der Waals surface area contributed by atoms with E-state index < -0.39 is 12.1 Å². The molecule has 0 saturated carbocycles. The number of nitrogens with zero attached hydrogens (tertiary/aromatic N) is 1. The Morgan fingerprint density at radius 2 is 2.33 bits per heavy atom. The fraction of sp³-hybridized carbons (Fsp3) is 0.538. The molecule has 1 atom stereocenters. The minimum absolute atomic E-state index is 0.226. The summed E-state index contributed by atoms with van der Waals surface area (Å²) in [6.07, 6.45) is 1.86. The zero-order chi connectivity index (χ0) is 13.1. The predicted octanol–water partition coefficient (Wildman–Crippen LogP) is 1.38. The number of esters is 1. The number of ether oxygens (including phenoxy) is 2. The van der Waals surface area contributed by atoms with E-state index in [9.17, 15) is 9.90 Å². The van der Waals surface area contributed by atoms with Crippen molar-refractivity contribution in [2.45, 2.75) is 32.0 Å². The molecule has 1 heterocycles. The maximum atomic E-state index is 11.6. The molecule has 18 heavy (non-hydrogen) atoms. The molecule has 1 aromatic heterocycles. The van der Waals surface area contributed by atoms with E-state index in [1.165, 1.54) is 7.11 Å². The highest BCUT2D eigenvalue weighted by atomic mass is 16.5. The summed E-state index contributed by atoms with van der Waals surface area (Å²) in [6.45, 7) is 0.404. The van der Waals surface area contributed by atoms with E-state index >= 15 is 0 Å². The number of methoxy groups -OCH3 is 2. The second-order valence-electron chi connectivity index (χ2n) is 4.36. The molecule has 0 aromatic carbocycles. The molecule has 1 aromatic rings. The van der Waals surface area contributed by atoms with Gasteiger partial charge in [-0.05, 0) is 36.5 Å². The molecule has 1 aliphatic carbocycles. The Morgan fingerprint density at radius 1 is 1.56 bits per heavy atom. The fourth-order valence-corrected chi connectivity index (χ4v) is 2.31. The van der Waals surface area contributed by atoms with Crippen molar-refractivity contribution in [1.29, 1.82) is 0 Å². The van der Waals surface area contributed by atoms with Gasteiger partial charge >= 0.3 is 5.97 Å². The predicted molar refractivity (Wildman–Crippen MR) is 64.2 cm³/mol. The van der Waals surface area contributed by atoms with Crippen LogP contribution in [0.5, 0.6) is 0 Å². The molecule has 0 aliphatic heterocycles. The lowest BCUT2D eigenvalue weighted by Gasteiger charge is -2.23. The molecule has 1 N–H and O–H groups in total. The van der Waals surface area contributed by atoms with Crippen molar-refractivity contribution >= 4 is 5.97 Å². The minimum atomic E-state index is -0.603. The quantitative estimate of drug-likeness (QED) is 0.822. The van der Waals surface area contributed by atoms with Crippen LogP contribution in [-0.4, -0.2) is 30.3 Å². The second-order valence-corrected chi connectivity index (χ2v) is 4.36. The molecule has 0 amide bonds. The zero-order valence-electron chi connectivity index (χ0n) is 10.6. The number of aliphatic hydroxyl groups excluding tert-OH is 1. The third kappa shape index (κ3) is 2.37. The molecule has 0 bridgehead atoms. The largest absolute Gasteiger partial charge is 0.464 e. The highest BCUT2D eigenvalue weighted by molar-refractivity contribution is 5.87. The summed E-state index contributed by atoms with van der Waals surface area (Å²) in [5.41, 5.74) is 2.73. The van der Waals surface area contributed by atoms with Crippen molar-refractivity contribution < 1.29 is 19.4 Å². The van der Waals surface area contributed by atoms with Crippen molar-refractivity contribution in [3.05, 3.63) is 28.6 Å². The summed E-state index contributed by atoms with van der Waals surface area (Å²) < 4.78 is 9.81. The van der Waals surface area contributed by atoms with Gasteiger partial charge in [0.25, 0.3) is 0 Å². The van der Waals surface area contributed by atoms with Gasteiger partial charge in [0, 0.05) is 7.11 Å². The normalized spacial score (nSPS) is 18.3. The Hall–Kier alpha value is -1.46. The summed E-state index contributed by atoms with van der Waals surface area (Å²) in [6, 6.07) is 1.69. The van der Waals surface area contributed by atoms with Crippen LogP contribution in [0.3, 0.4) is 0 Å². The molecule has 1 unspecified atom stereocenters. The van der Waals surface area contributed by atoms with Gasteiger partial charge < -0.3 is 14.6 Å². The first-order valence-electron chi connectivity index (χ1n) is 5.95. The number of hydrogen-bond acceptors (Lipinski definition) is 5. The average molecular weight is 251 g/mol. The summed E-state index contributed by atoms with van der Waals surface area (Å²) in [5, 5.41) is 9.98. The molecule has 5 heteroatoms. The lowest BCUT2D eigenvalue weighted by atomic mass is 9.90. The third-order valence-electron chi connectivity index (χ3n) is 3.16. The Morgan fingerprint density at radius 3 is 3.00 bits per heavy atom. The summed E-state index contributed by atoms with van der Waals surface area (Å²) in [4.78, 5) is 15.8. The molecule has 0 spiro atoms. The van der Waals surface area contributed by atoms with Crippen molar-refractivity contribution in [1.82, 2.24) is 4.98 Å². The van der Waals surface area contributed by atoms with Gasteiger partial charge in [0.05, 0.1) is 25.5 Å². The lowest BCUT2D eigenvalue weighted by Crippen LogP contribution is -2.18. The Kier molecular flexibility index (Phi) is 3.93. The molecule has 5 nitrogen and oxygen atoms in total. The van der Waals surface area contributed by atoms with Gasteiger partial charge in [-0.2, -0.15) is 0 Å². The first-order chi connectivity index (χ1) is 8.67. The van der Waals surface area contributed by atoms with Crippen molar-refractivity contribution in [2.75, 3.05) is 14.2 Å². The third-order valence-corrected chi connectivity index (χ3v) is 3.16. The average Bonchev–Trinajstić information content (AvgIpc) is 2.39. The Bertz CT molecular complexity index is 459. The van der Waals surface area contributed by atoms with E-state index in [-0.39, 0.29) is 5.69 Å². The second kappa shape index (κ2) is 5.46. The van der Waals surface area contributed by atoms with Crippen LogP contribution in [0, 0.1) is 0 Å². The van der Waals surface area contributed by atoms with Gasteiger partial charge in [-0.15, -0.1) is 0 Å². The number of pyridine rings is 1. The van der Waals surface area contributed by atoms with Gasteiger partial charge in [0.1, 0.15) is 5.69 Å². The van der Waals surface area contributed by atoms with Crippen LogP contribution in [0.2, 0.25) is 0 Å². The molecule has 0 radical (unpaired) electrons. The van der Waals surface area contributed by atoms with E-state index in [1.54, 1.807) is 13.2 Å². The zero-order valence-corrected chi connectivity index (χ0v) is 10.6. The topological polar surface area (TPSA) is 68.7 Å². The minimum Gasteiger partial charge on any atom is -0.464 e. The van der Waals surface area contributed by atoms with E-state index in [2.05, 4.69) is 9.72 Å². The summed E-state index contributed by atoms with van der Waals surface area (Å²) in [5.74, 6) is -0.493. The molecule has 0 fully saturated rings. The van der Waals surface area contributed by atoms with E-state index in [0.717, 1.165) is 24.0 Å². The number of carbonyl (C=O) groups excluding carboxylic acids is 1. The lowest BCUT2D eigenvalue weighted by molar-refractivity contribution is 0.0591. The van der Waals surface area contributed by atoms with Crippen LogP contribution in [0.4, 0.5) is 0 Å². The van der Waals surface area contributed by atoms with Crippen LogP contribution < -0.4 is 0 Å².